The first-order chi connectivity index (χ1) is 12.5. The molecular weight excluding hydrogens is 332 g/mol. The quantitative estimate of drug-likeness (QED) is 0.514. The first-order valence-electron chi connectivity index (χ1n) is 8.05. The number of carbonyl (C=O) groups excluding carboxylic acids is 1. The Kier molecular flexibility index (Phi) is 4.84. The number of benzene rings is 3. The predicted molar refractivity (Wildman–Crippen MR) is 99.4 cm³/mol. The molecule has 0 bridgehead atoms. The Hall–Kier alpha value is -3.41. The van der Waals surface area contributed by atoms with Gasteiger partial charge in [-0.15, -0.1) is 0 Å². The second kappa shape index (κ2) is 7.23. The maximum absolute atomic E-state index is 12.6. The number of fused-ring (bicyclic) bond motifs is 1. The van der Waals surface area contributed by atoms with Crippen molar-refractivity contribution in [3.63, 3.8) is 0 Å². The van der Waals surface area contributed by atoms with Crippen LogP contribution in [0.15, 0.2) is 60.7 Å². The third kappa shape index (κ3) is 3.49. The molecule has 3 aromatic rings. The highest BCUT2D eigenvalue weighted by Gasteiger charge is 2.22. The van der Waals surface area contributed by atoms with Crippen molar-refractivity contribution in [2.45, 2.75) is 6.54 Å². The fourth-order valence-electron chi connectivity index (χ4n) is 2.86. The first-order valence-corrected chi connectivity index (χ1v) is 8.05. The molecule has 0 atom stereocenters. The molecule has 0 spiro atoms. The monoisotopic (exact) mass is 350 g/mol. The van der Waals surface area contributed by atoms with Crippen LogP contribution in [0.3, 0.4) is 0 Å². The fraction of sp³-hybridized carbons (Fsp3) is 0.150. The summed E-state index contributed by atoms with van der Waals surface area (Å²) in [6.07, 6.45) is 0. The summed E-state index contributed by atoms with van der Waals surface area (Å²) in [5.41, 5.74) is 0.845. The van der Waals surface area contributed by atoms with Gasteiger partial charge in [-0.1, -0.05) is 30.3 Å². The Morgan fingerprint density at radius 2 is 1.77 bits per heavy atom. The maximum atomic E-state index is 12.6. The molecule has 26 heavy (non-hydrogen) atoms. The molecule has 132 valence electrons. The van der Waals surface area contributed by atoms with Gasteiger partial charge < -0.3 is 9.64 Å². The molecule has 0 saturated heterocycles. The molecule has 0 unspecified atom stereocenters. The maximum Gasteiger partial charge on any atom is 0.282 e. The Labute approximate surface area is 150 Å². The second-order valence-electron chi connectivity index (χ2n) is 5.98. The highest BCUT2D eigenvalue weighted by molar-refractivity contribution is 5.98. The average Bonchev–Trinajstić information content (AvgIpc) is 2.66. The van der Waals surface area contributed by atoms with E-state index in [9.17, 15) is 14.9 Å². The molecule has 0 fully saturated rings. The largest absolute Gasteiger partial charge is 0.497 e. The van der Waals surface area contributed by atoms with Gasteiger partial charge in [0.05, 0.1) is 12.0 Å². The lowest BCUT2D eigenvalue weighted by Gasteiger charge is -2.17. The van der Waals surface area contributed by atoms with Crippen molar-refractivity contribution in [3.05, 3.63) is 81.9 Å². The van der Waals surface area contributed by atoms with Crippen LogP contribution < -0.4 is 4.74 Å². The second-order valence-corrected chi connectivity index (χ2v) is 5.98. The van der Waals surface area contributed by atoms with Gasteiger partial charge in [0.15, 0.2) is 0 Å². The Morgan fingerprint density at radius 1 is 1.08 bits per heavy atom. The summed E-state index contributed by atoms with van der Waals surface area (Å²) < 4.78 is 5.22. The summed E-state index contributed by atoms with van der Waals surface area (Å²) in [5, 5.41) is 13.2. The van der Waals surface area contributed by atoms with Crippen molar-refractivity contribution in [2.24, 2.45) is 0 Å². The number of para-hydroxylation sites is 1. The molecular formula is C20H18N2O4. The molecule has 0 aliphatic carbocycles. The standard InChI is InChI=1S/C20H18N2O4/c1-21(20(23)18-5-3-4-6-19(18)22(24)25)13-14-7-8-16-12-17(26-2)10-9-15(16)11-14/h3-12H,13H2,1-2H3. The Morgan fingerprint density at radius 3 is 2.50 bits per heavy atom. The van der Waals surface area contributed by atoms with E-state index in [1.807, 2.05) is 36.4 Å². The number of nitro groups is 1. The zero-order valence-electron chi connectivity index (χ0n) is 14.5. The van der Waals surface area contributed by atoms with Gasteiger partial charge in [-0.3, -0.25) is 14.9 Å². The van der Waals surface area contributed by atoms with Crippen LogP contribution in [0.4, 0.5) is 5.69 Å². The van der Waals surface area contributed by atoms with E-state index >= 15 is 0 Å². The van der Waals surface area contributed by atoms with Crippen LogP contribution in [0.25, 0.3) is 10.8 Å². The summed E-state index contributed by atoms with van der Waals surface area (Å²) in [7, 11) is 3.26. The van der Waals surface area contributed by atoms with Crippen molar-refractivity contribution in [3.8, 4) is 5.75 Å². The number of ether oxygens (including phenoxy) is 1. The summed E-state index contributed by atoms with van der Waals surface area (Å²) in [4.78, 5) is 24.7. The van der Waals surface area contributed by atoms with Crippen molar-refractivity contribution >= 4 is 22.4 Å². The van der Waals surface area contributed by atoms with E-state index in [-0.39, 0.29) is 17.2 Å². The van der Waals surface area contributed by atoms with E-state index in [1.165, 1.54) is 17.0 Å². The van der Waals surface area contributed by atoms with Crippen molar-refractivity contribution in [1.82, 2.24) is 4.90 Å². The molecule has 0 radical (unpaired) electrons. The minimum atomic E-state index is -0.537. The van der Waals surface area contributed by atoms with Crippen molar-refractivity contribution < 1.29 is 14.5 Å². The smallest absolute Gasteiger partial charge is 0.282 e. The average molecular weight is 350 g/mol. The lowest BCUT2D eigenvalue weighted by molar-refractivity contribution is -0.385. The summed E-state index contributed by atoms with van der Waals surface area (Å²) in [5.74, 6) is 0.404. The normalized spacial score (nSPS) is 10.5. The highest BCUT2D eigenvalue weighted by Crippen LogP contribution is 2.23. The molecule has 6 heteroatoms. The van der Waals surface area contributed by atoms with Crippen LogP contribution in [0.2, 0.25) is 0 Å². The number of methoxy groups -OCH3 is 1. The number of nitro benzene ring substituents is 1. The van der Waals surface area contributed by atoms with E-state index < -0.39 is 4.92 Å². The molecule has 0 saturated carbocycles. The molecule has 3 rings (SSSR count). The molecule has 1 amide bonds. The SMILES string of the molecule is COc1ccc2cc(CN(C)C(=O)c3ccccc3[N+](=O)[O-])ccc2c1. The summed E-state index contributed by atoms with van der Waals surface area (Å²) in [6, 6.07) is 17.7. The van der Waals surface area contributed by atoms with Crippen LogP contribution >= 0.6 is 0 Å². The van der Waals surface area contributed by atoms with Gasteiger partial charge in [-0.2, -0.15) is 0 Å². The lowest BCUT2D eigenvalue weighted by atomic mass is 10.1. The van der Waals surface area contributed by atoms with Gasteiger partial charge in [0.2, 0.25) is 0 Å². The number of rotatable bonds is 5. The zero-order chi connectivity index (χ0) is 18.7. The minimum Gasteiger partial charge on any atom is -0.497 e. The van der Waals surface area contributed by atoms with Crippen LogP contribution in [-0.2, 0) is 6.54 Å². The van der Waals surface area contributed by atoms with Gasteiger partial charge in [0.1, 0.15) is 11.3 Å². The summed E-state index contributed by atoms with van der Waals surface area (Å²) >= 11 is 0. The zero-order valence-corrected chi connectivity index (χ0v) is 14.5. The van der Waals surface area contributed by atoms with Crippen LogP contribution in [0.5, 0.6) is 5.75 Å². The van der Waals surface area contributed by atoms with Gasteiger partial charge in [-0.25, -0.2) is 0 Å². The topological polar surface area (TPSA) is 72.7 Å². The first kappa shape index (κ1) is 17.4. The van der Waals surface area contributed by atoms with E-state index in [0.29, 0.717) is 6.54 Å². The molecule has 0 heterocycles. The van der Waals surface area contributed by atoms with Gasteiger partial charge in [-0.05, 0) is 40.6 Å². The fourth-order valence-corrected chi connectivity index (χ4v) is 2.86. The van der Waals surface area contributed by atoms with Gasteiger partial charge >= 0.3 is 0 Å². The number of hydrogen-bond acceptors (Lipinski definition) is 4. The van der Waals surface area contributed by atoms with Gasteiger partial charge in [0, 0.05) is 19.7 Å². The van der Waals surface area contributed by atoms with Crippen molar-refractivity contribution in [2.75, 3.05) is 14.2 Å². The Bertz CT molecular complexity index is 984. The third-order valence-corrected chi connectivity index (χ3v) is 4.21. The number of amides is 1. The number of carbonyl (C=O) groups is 1. The lowest BCUT2D eigenvalue weighted by Crippen LogP contribution is -2.26. The Balaban J connectivity index is 1.83. The van der Waals surface area contributed by atoms with Gasteiger partial charge in [0.25, 0.3) is 11.6 Å². The molecule has 0 aromatic heterocycles. The minimum absolute atomic E-state index is 0.0884. The van der Waals surface area contributed by atoms with Crippen molar-refractivity contribution in [1.29, 1.82) is 0 Å². The summed E-state index contributed by atoms with van der Waals surface area (Å²) in [6.45, 7) is 0.354. The third-order valence-electron chi connectivity index (χ3n) is 4.21. The number of nitrogens with zero attached hydrogens (tertiary/aromatic N) is 2. The molecule has 0 aliphatic rings. The van der Waals surface area contributed by atoms with E-state index in [0.717, 1.165) is 22.1 Å². The van der Waals surface area contributed by atoms with Crippen LogP contribution in [-0.4, -0.2) is 29.9 Å². The molecule has 3 aromatic carbocycles. The van der Waals surface area contributed by atoms with E-state index in [4.69, 9.17) is 4.74 Å². The molecule has 0 aliphatic heterocycles. The molecule has 6 nitrogen and oxygen atoms in total. The van der Waals surface area contributed by atoms with E-state index in [1.54, 1.807) is 26.3 Å². The van der Waals surface area contributed by atoms with E-state index in [2.05, 4.69) is 0 Å². The highest BCUT2D eigenvalue weighted by atomic mass is 16.6. The number of hydrogen-bond donors (Lipinski definition) is 0. The molecule has 0 N–H and O–H groups in total. The van der Waals surface area contributed by atoms with Crippen LogP contribution in [0.1, 0.15) is 15.9 Å². The predicted octanol–water partition coefficient (Wildman–Crippen LogP) is 4.03. The van der Waals surface area contributed by atoms with Crippen LogP contribution in [0, 0.1) is 10.1 Å².